The summed E-state index contributed by atoms with van der Waals surface area (Å²) < 4.78 is 0. The molecule has 0 fully saturated rings. The average molecular weight is 922 g/mol. The van der Waals surface area contributed by atoms with Crippen molar-refractivity contribution in [3.8, 4) is 55.6 Å². The van der Waals surface area contributed by atoms with Gasteiger partial charge in [-0.25, -0.2) is 0 Å². The Balaban J connectivity index is 1.06. The highest BCUT2D eigenvalue weighted by atomic mass is 15.1. The Morgan fingerprint density at radius 3 is 1.24 bits per heavy atom. The molecule has 0 aliphatic heterocycles. The molecule has 1 spiro atoms. The molecule has 344 valence electrons. The Morgan fingerprint density at radius 2 is 0.708 bits per heavy atom. The SMILES string of the molecule is CC1(C)CCC(C)(C)c2cc(-c3cc4c(cc3N(c3ccc(-c5cccc6ccccc56)cc3)c3ccc(-c5cccc6ccccc56)cc3)C3(c5ccccc5-c5ccccc53)c3ccccc3-4)ccc21. The van der Waals surface area contributed by atoms with Crippen molar-refractivity contribution in [3.63, 3.8) is 0 Å². The summed E-state index contributed by atoms with van der Waals surface area (Å²) >= 11 is 0. The summed E-state index contributed by atoms with van der Waals surface area (Å²) in [6.45, 7) is 9.76. The second-order valence-electron chi connectivity index (χ2n) is 21.8. The fourth-order valence-electron chi connectivity index (χ4n) is 13.3. The Labute approximate surface area is 423 Å². The Kier molecular flexibility index (Phi) is 9.39. The first-order valence-corrected chi connectivity index (χ1v) is 25.8. The molecule has 0 heterocycles. The van der Waals surface area contributed by atoms with Crippen LogP contribution in [0.15, 0.2) is 237 Å². The van der Waals surface area contributed by atoms with Crippen molar-refractivity contribution in [3.05, 3.63) is 270 Å². The predicted molar refractivity (Wildman–Crippen MR) is 304 cm³/mol. The van der Waals surface area contributed by atoms with E-state index in [1.807, 2.05) is 0 Å². The second-order valence-corrected chi connectivity index (χ2v) is 21.8. The van der Waals surface area contributed by atoms with Gasteiger partial charge in [-0.1, -0.05) is 228 Å². The molecule has 0 saturated carbocycles. The molecule has 11 aromatic rings. The topological polar surface area (TPSA) is 3.24 Å². The van der Waals surface area contributed by atoms with Crippen molar-refractivity contribution in [2.45, 2.75) is 56.8 Å². The summed E-state index contributed by atoms with van der Waals surface area (Å²) in [7, 11) is 0. The van der Waals surface area contributed by atoms with Crippen LogP contribution in [0.25, 0.3) is 77.2 Å². The summed E-state index contributed by atoms with van der Waals surface area (Å²) in [5.74, 6) is 0. The molecule has 14 rings (SSSR count). The Bertz CT molecular complexity index is 3800. The average Bonchev–Trinajstić information content (AvgIpc) is 3.90. The predicted octanol–water partition coefficient (Wildman–Crippen LogP) is 19.2. The number of rotatable bonds is 6. The van der Waals surface area contributed by atoms with Crippen LogP contribution in [-0.2, 0) is 16.2 Å². The number of anilines is 3. The van der Waals surface area contributed by atoms with Crippen LogP contribution in [-0.4, -0.2) is 0 Å². The van der Waals surface area contributed by atoms with Gasteiger partial charge < -0.3 is 4.90 Å². The molecule has 0 bridgehead atoms. The maximum absolute atomic E-state index is 2.59. The third kappa shape index (κ3) is 6.26. The van der Waals surface area contributed by atoms with Gasteiger partial charge in [0.15, 0.2) is 0 Å². The fourth-order valence-corrected chi connectivity index (χ4v) is 13.3. The standard InChI is InChI=1S/C71H55N/c1-69(2)41-42-70(3,4)67-43-50(35-40-65(67)69)60-44-61-59-25-11-14-30-64(59)71(62-28-12-9-23-57(62)58-24-10-13-29-63(58)71)66(61)45-68(60)72(51-36-31-48(32-37-51)55-26-15-19-46-17-5-7-21-53(46)55)52-38-33-49(34-39-52)56-27-16-20-47-18-6-8-22-54(47)56/h5-40,43-45H,41-42H2,1-4H3. The summed E-state index contributed by atoms with van der Waals surface area (Å²) in [5, 5.41) is 5.01. The molecule has 0 unspecified atom stereocenters. The van der Waals surface area contributed by atoms with Crippen LogP contribution in [0.5, 0.6) is 0 Å². The van der Waals surface area contributed by atoms with Crippen LogP contribution in [0.1, 0.15) is 73.9 Å². The smallest absolute Gasteiger partial charge is 0.0726 e. The molecule has 11 aromatic carbocycles. The molecule has 0 atom stereocenters. The van der Waals surface area contributed by atoms with E-state index in [0.717, 1.165) is 23.5 Å². The zero-order valence-electron chi connectivity index (χ0n) is 41.4. The largest absolute Gasteiger partial charge is 0.310 e. The highest BCUT2D eigenvalue weighted by molar-refractivity contribution is 6.02. The Hall–Kier alpha value is -8.26. The van der Waals surface area contributed by atoms with E-state index < -0.39 is 5.41 Å². The molecule has 1 nitrogen and oxygen atoms in total. The first-order valence-electron chi connectivity index (χ1n) is 25.8. The molecule has 3 aliphatic carbocycles. The number of hydrogen-bond acceptors (Lipinski definition) is 1. The van der Waals surface area contributed by atoms with E-state index in [4.69, 9.17) is 0 Å². The zero-order chi connectivity index (χ0) is 48.3. The van der Waals surface area contributed by atoms with Crippen LogP contribution >= 0.6 is 0 Å². The fraction of sp³-hybridized carbons (Fsp3) is 0.127. The highest BCUT2D eigenvalue weighted by Crippen LogP contribution is 2.64. The summed E-state index contributed by atoms with van der Waals surface area (Å²) in [5.41, 5.74) is 23.9. The lowest BCUT2D eigenvalue weighted by molar-refractivity contribution is 0.332. The van der Waals surface area contributed by atoms with Gasteiger partial charge in [0.1, 0.15) is 0 Å². The lowest BCUT2D eigenvalue weighted by atomic mass is 9.63. The van der Waals surface area contributed by atoms with E-state index >= 15 is 0 Å². The Morgan fingerprint density at radius 1 is 0.292 bits per heavy atom. The van der Waals surface area contributed by atoms with Gasteiger partial charge >= 0.3 is 0 Å². The molecule has 0 N–H and O–H groups in total. The summed E-state index contributed by atoms with van der Waals surface area (Å²) in [6.07, 6.45) is 2.33. The minimum atomic E-state index is -0.504. The summed E-state index contributed by atoms with van der Waals surface area (Å²) in [6, 6.07) is 89.6. The van der Waals surface area contributed by atoms with Crippen molar-refractivity contribution in [1.29, 1.82) is 0 Å². The van der Waals surface area contributed by atoms with E-state index in [2.05, 4.69) is 269 Å². The molecule has 1 heteroatoms. The molecule has 0 aromatic heterocycles. The van der Waals surface area contributed by atoms with Crippen LogP contribution in [0.3, 0.4) is 0 Å². The molecule has 0 amide bonds. The van der Waals surface area contributed by atoms with Gasteiger partial charge in [0.25, 0.3) is 0 Å². The van der Waals surface area contributed by atoms with Gasteiger partial charge in [0.05, 0.1) is 11.1 Å². The third-order valence-corrected chi connectivity index (χ3v) is 17.0. The van der Waals surface area contributed by atoms with E-state index in [9.17, 15) is 0 Å². The molecule has 72 heavy (non-hydrogen) atoms. The van der Waals surface area contributed by atoms with E-state index in [-0.39, 0.29) is 10.8 Å². The van der Waals surface area contributed by atoms with Crippen LogP contribution < -0.4 is 4.90 Å². The third-order valence-electron chi connectivity index (χ3n) is 17.0. The quantitative estimate of drug-likeness (QED) is 0.161. The number of nitrogens with zero attached hydrogens (tertiary/aromatic N) is 1. The van der Waals surface area contributed by atoms with Crippen LogP contribution in [0.2, 0.25) is 0 Å². The van der Waals surface area contributed by atoms with E-state index in [0.29, 0.717) is 0 Å². The number of hydrogen-bond donors (Lipinski definition) is 0. The van der Waals surface area contributed by atoms with Gasteiger partial charge in [0, 0.05) is 16.9 Å². The van der Waals surface area contributed by atoms with Gasteiger partial charge in [-0.3, -0.25) is 0 Å². The normalized spacial score (nSPS) is 15.2. The highest BCUT2D eigenvalue weighted by Gasteiger charge is 2.52. The van der Waals surface area contributed by atoms with Crippen molar-refractivity contribution in [2.75, 3.05) is 4.90 Å². The van der Waals surface area contributed by atoms with E-state index in [1.54, 1.807) is 0 Å². The molecular weight excluding hydrogens is 867 g/mol. The molecule has 0 radical (unpaired) electrons. The minimum absolute atomic E-state index is 0.0419. The van der Waals surface area contributed by atoms with Gasteiger partial charge in [0.2, 0.25) is 0 Å². The van der Waals surface area contributed by atoms with Gasteiger partial charge in [-0.05, 0) is 165 Å². The van der Waals surface area contributed by atoms with Crippen LogP contribution in [0, 0.1) is 0 Å². The maximum Gasteiger partial charge on any atom is 0.0726 e. The van der Waals surface area contributed by atoms with Crippen molar-refractivity contribution in [1.82, 2.24) is 0 Å². The lowest BCUT2D eigenvalue weighted by Crippen LogP contribution is -2.33. The number of fused-ring (bicyclic) bond motifs is 13. The van der Waals surface area contributed by atoms with Gasteiger partial charge in [-0.15, -0.1) is 0 Å². The first kappa shape index (κ1) is 42.6. The minimum Gasteiger partial charge on any atom is -0.310 e. The number of benzene rings is 11. The van der Waals surface area contributed by atoms with E-state index in [1.165, 1.54) is 117 Å². The zero-order valence-corrected chi connectivity index (χ0v) is 41.4. The molecular formula is C71H55N. The summed E-state index contributed by atoms with van der Waals surface area (Å²) in [4.78, 5) is 2.55. The van der Waals surface area contributed by atoms with Crippen LogP contribution in [0.4, 0.5) is 17.1 Å². The second kappa shape index (κ2) is 15.9. The first-order chi connectivity index (χ1) is 35.2. The lowest BCUT2D eigenvalue weighted by Gasteiger charge is -2.42. The van der Waals surface area contributed by atoms with Crippen molar-refractivity contribution in [2.24, 2.45) is 0 Å². The maximum atomic E-state index is 2.59. The van der Waals surface area contributed by atoms with Crippen molar-refractivity contribution < 1.29 is 0 Å². The van der Waals surface area contributed by atoms with Gasteiger partial charge in [-0.2, -0.15) is 0 Å². The molecule has 0 saturated heterocycles. The van der Waals surface area contributed by atoms with Crippen molar-refractivity contribution >= 4 is 38.6 Å². The monoisotopic (exact) mass is 921 g/mol. The molecule has 3 aliphatic rings.